The summed E-state index contributed by atoms with van der Waals surface area (Å²) in [4.78, 5) is 0. The molecule has 0 saturated carbocycles. The number of rotatable bonds is 1. The van der Waals surface area contributed by atoms with E-state index in [2.05, 4.69) is 17.4 Å². The van der Waals surface area contributed by atoms with E-state index in [0.29, 0.717) is 0 Å². The van der Waals surface area contributed by atoms with E-state index in [-0.39, 0.29) is 0 Å². The average Bonchev–Trinajstić information content (AvgIpc) is 2.48. The van der Waals surface area contributed by atoms with Crippen molar-refractivity contribution in [3.63, 3.8) is 0 Å². The Morgan fingerprint density at radius 2 is 1.37 bits per heavy atom. The van der Waals surface area contributed by atoms with Crippen LogP contribution in [-0.4, -0.2) is 7.05 Å². The molecule has 0 fully saturated rings. The van der Waals surface area contributed by atoms with Crippen LogP contribution >= 0.6 is 0 Å². The maximum atomic E-state index is 5.62. The van der Waals surface area contributed by atoms with Gasteiger partial charge in [0.15, 0.2) is 0 Å². The predicted octanol–water partition coefficient (Wildman–Crippen LogP) is 4.15. The van der Waals surface area contributed by atoms with Gasteiger partial charge in [-0.2, -0.15) is 0 Å². The summed E-state index contributed by atoms with van der Waals surface area (Å²) >= 11 is 0. The van der Waals surface area contributed by atoms with Gasteiger partial charge in [0.25, 0.3) is 0 Å². The van der Waals surface area contributed by atoms with Crippen molar-refractivity contribution in [1.82, 2.24) is 0 Å². The minimum atomic E-state index is 0.823. The quantitative estimate of drug-likeness (QED) is 0.637. The molecule has 0 bridgehead atoms. The van der Waals surface area contributed by atoms with E-state index in [1.54, 1.807) is 0 Å². The van der Waals surface area contributed by atoms with E-state index in [4.69, 9.17) is 5.73 Å². The Balaban J connectivity index is 0.000000148. The molecule has 2 nitrogen and oxygen atoms in total. The molecular weight excluding hydrogens is 232 g/mol. The van der Waals surface area contributed by atoms with Crippen molar-refractivity contribution in [3.05, 3.63) is 72.8 Å². The summed E-state index contributed by atoms with van der Waals surface area (Å²) in [7, 11) is 1.91. The molecule has 19 heavy (non-hydrogen) atoms. The van der Waals surface area contributed by atoms with E-state index < -0.39 is 0 Å². The SMILES string of the molecule is CNc1ccccc1.Nc1ccc2ccccc2c1. The first-order valence-electron chi connectivity index (χ1n) is 6.26. The molecule has 0 atom stereocenters. The highest BCUT2D eigenvalue weighted by molar-refractivity contribution is 5.85. The number of benzene rings is 3. The van der Waals surface area contributed by atoms with Crippen LogP contribution in [-0.2, 0) is 0 Å². The molecule has 0 aliphatic rings. The van der Waals surface area contributed by atoms with Gasteiger partial charge in [0.1, 0.15) is 0 Å². The molecule has 0 saturated heterocycles. The minimum absolute atomic E-state index is 0.823. The molecule has 0 unspecified atom stereocenters. The third kappa shape index (κ3) is 3.75. The van der Waals surface area contributed by atoms with Crippen LogP contribution in [0.2, 0.25) is 0 Å². The highest BCUT2D eigenvalue weighted by atomic mass is 14.8. The number of hydrogen-bond donors (Lipinski definition) is 2. The molecule has 0 heterocycles. The molecule has 0 aliphatic heterocycles. The molecule has 0 spiro atoms. The summed E-state index contributed by atoms with van der Waals surface area (Å²) in [5, 5.41) is 5.47. The summed E-state index contributed by atoms with van der Waals surface area (Å²) in [5.41, 5.74) is 7.61. The lowest BCUT2D eigenvalue weighted by Gasteiger charge is -1.96. The third-order valence-corrected chi connectivity index (χ3v) is 2.84. The van der Waals surface area contributed by atoms with Crippen molar-refractivity contribution in [1.29, 1.82) is 0 Å². The second-order valence-corrected chi connectivity index (χ2v) is 4.22. The zero-order valence-corrected chi connectivity index (χ0v) is 11.0. The Hall–Kier alpha value is -2.48. The van der Waals surface area contributed by atoms with Crippen molar-refractivity contribution in [2.45, 2.75) is 0 Å². The van der Waals surface area contributed by atoms with Gasteiger partial charge in [-0.25, -0.2) is 0 Å². The van der Waals surface area contributed by atoms with Crippen molar-refractivity contribution in [2.75, 3.05) is 18.1 Å². The Kier molecular flexibility index (Phi) is 4.40. The molecule has 0 aliphatic carbocycles. The van der Waals surface area contributed by atoms with Gasteiger partial charge in [0.05, 0.1) is 0 Å². The number of nitrogens with two attached hydrogens (primary N) is 1. The van der Waals surface area contributed by atoms with Gasteiger partial charge in [0, 0.05) is 18.4 Å². The minimum Gasteiger partial charge on any atom is -0.399 e. The molecule has 0 amide bonds. The summed E-state index contributed by atoms with van der Waals surface area (Å²) in [6, 6.07) is 24.2. The van der Waals surface area contributed by atoms with Crippen molar-refractivity contribution < 1.29 is 0 Å². The average molecular weight is 250 g/mol. The number of para-hydroxylation sites is 1. The topological polar surface area (TPSA) is 38.0 Å². The molecule has 3 rings (SSSR count). The van der Waals surface area contributed by atoms with Crippen LogP contribution in [0.4, 0.5) is 11.4 Å². The van der Waals surface area contributed by atoms with E-state index >= 15 is 0 Å². The van der Waals surface area contributed by atoms with Gasteiger partial charge in [-0.15, -0.1) is 0 Å². The van der Waals surface area contributed by atoms with Crippen LogP contribution < -0.4 is 11.1 Å². The van der Waals surface area contributed by atoms with Crippen LogP contribution in [0.25, 0.3) is 10.8 Å². The molecule has 2 heteroatoms. The Morgan fingerprint density at radius 1 is 0.737 bits per heavy atom. The highest BCUT2D eigenvalue weighted by Gasteiger charge is 1.89. The maximum Gasteiger partial charge on any atom is 0.0337 e. The van der Waals surface area contributed by atoms with Gasteiger partial charge in [-0.3, -0.25) is 0 Å². The van der Waals surface area contributed by atoms with Crippen LogP contribution in [0.1, 0.15) is 0 Å². The van der Waals surface area contributed by atoms with E-state index in [0.717, 1.165) is 11.4 Å². The van der Waals surface area contributed by atoms with Crippen LogP contribution in [0.3, 0.4) is 0 Å². The molecule has 3 aromatic rings. The summed E-state index contributed by atoms with van der Waals surface area (Å²) < 4.78 is 0. The van der Waals surface area contributed by atoms with Crippen LogP contribution in [0.5, 0.6) is 0 Å². The van der Waals surface area contributed by atoms with E-state index in [1.165, 1.54) is 10.8 Å². The van der Waals surface area contributed by atoms with Crippen molar-refractivity contribution in [2.24, 2.45) is 0 Å². The number of anilines is 2. The highest BCUT2D eigenvalue weighted by Crippen LogP contribution is 2.15. The fourth-order valence-corrected chi connectivity index (χ4v) is 1.81. The fraction of sp³-hybridized carbons (Fsp3) is 0.0588. The first-order chi connectivity index (χ1) is 9.29. The monoisotopic (exact) mass is 250 g/mol. The molecule has 3 N–H and O–H groups in total. The maximum absolute atomic E-state index is 5.62. The number of nitrogen functional groups attached to an aromatic ring is 1. The van der Waals surface area contributed by atoms with Gasteiger partial charge >= 0.3 is 0 Å². The lowest BCUT2D eigenvalue weighted by atomic mass is 10.1. The molecule has 96 valence electrons. The summed E-state index contributed by atoms with van der Waals surface area (Å²) in [6.45, 7) is 0. The molecule has 0 radical (unpaired) electrons. The van der Waals surface area contributed by atoms with Gasteiger partial charge in [-0.05, 0) is 35.0 Å². The second-order valence-electron chi connectivity index (χ2n) is 4.22. The fourth-order valence-electron chi connectivity index (χ4n) is 1.81. The number of nitrogens with one attached hydrogen (secondary N) is 1. The van der Waals surface area contributed by atoms with Crippen molar-refractivity contribution >= 4 is 22.1 Å². The zero-order valence-electron chi connectivity index (χ0n) is 11.0. The lowest BCUT2D eigenvalue weighted by molar-refractivity contribution is 1.51. The molecule has 0 aromatic heterocycles. The first-order valence-corrected chi connectivity index (χ1v) is 6.26. The first kappa shape index (κ1) is 13.0. The van der Waals surface area contributed by atoms with Crippen molar-refractivity contribution in [3.8, 4) is 0 Å². The normalized spacial score (nSPS) is 9.53. The largest absolute Gasteiger partial charge is 0.399 e. The zero-order chi connectivity index (χ0) is 13.5. The van der Waals surface area contributed by atoms with E-state index in [9.17, 15) is 0 Å². The third-order valence-electron chi connectivity index (χ3n) is 2.84. The lowest BCUT2D eigenvalue weighted by Crippen LogP contribution is -1.84. The Labute approximate surface area is 113 Å². The standard InChI is InChI=1S/C10H9N.C7H9N/c11-10-6-5-8-3-1-2-4-9(8)7-10;1-8-7-5-3-2-4-6-7/h1-7H,11H2;2-6,8H,1H3. The second kappa shape index (κ2) is 6.45. The Morgan fingerprint density at radius 3 is 2.00 bits per heavy atom. The Bertz CT molecular complexity index is 633. The van der Waals surface area contributed by atoms with E-state index in [1.807, 2.05) is 67.7 Å². The number of hydrogen-bond acceptors (Lipinski definition) is 2. The molecular formula is C17H18N2. The summed E-state index contributed by atoms with van der Waals surface area (Å²) in [5.74, 6) is 0. The summed E-state index contributed by atoms with van der Waals surface area (Å²) in [6.07, 6.45) is 0. The van der Waals surface area contributed by atoms with Gasteiger partial charge in [0.2, 0.25) is 0 Å². The molecule has 3 aromatic carbocycles. The number of fused-ring (bicyclic) bond motifs is 1. The predicted molar refractivity (Wildman–Crippen MR) is 84.3 cm³/mol. The van der Waals surface area contributed by atoms with Gasteiger partial charge < -0.3 is 11.1 Å². The smallest absolute Gasteiger partial charge is 0.0337 e. The van der Waals surface area contributed by atoms with Crippen LogP contribution in [0, 0.1) is 0 Å². The van der Waals surface area contributed by atoms with Gasteiger partial charge in [-0.1, -0.05) is 48.5 Å². The van der Waals surface area contributed by atoms with Crippen LogP contribution in [0.15, 0.2) is 72.8 Å².